The fraction of sp³-hybridized carbons (Fsp3) is 0.217. The van der Waals surface area contributed by atoms with Gasteiger partial charge in [0.25, 0.3) is 0 Å². The number of benzene rings is 2. The SMILES string of the molecule is Cn1ncc2ccc(-c3cc(N(O)c4ccc(C(=N)N)cc4)nc(N4CCOCC4)n3)cc21. The van der Waals surface area contributed by atoms with E-state index in [2.05, 4.69) is 10.1 Å². The summed E-state index contributed by atoms with van der Waals surface area (Å²) >= 11 is 0. The summed E-state index contributed by atoms with van der Waals surface area (Å²) < 4.78 is 7.29. The van der Waals surface area contributed by atoms with Gasteiger partial charge in [-0.05, 0) is 30.3 Å². The van der Waals surface area contributed by atoms with Crippen LogP contribution in [0.25, 0.3) is 22.2 Å². The summed E-state index contributed by atoms with van der Waals surface area (Å²) in [6, 6.07) is 14.5. The number of nitrogen functional groups attached to an aromatic ring is 1. The summed E-state index contributed by atoms with van der Waals surface area (Å²) in [5.74, 6) is 0.827. The van der Waals surface area contributed by atoms with Crippen LogP contribution in [0.3, 0.4) is 0 Å². The highest BCUT2D eigenvalue weighted by Gasteiger charge is 2.19. The molecule has 0 aliphatic carbocycles. The van der Waals surface area contributed by atoms with Gasteiger partial charge in [0.15, 0.2) is 5.82 Å². The predicted molar refractivity (Wildman–Crippen MR) is 126 cm³/mol. The zero-order valence-corrected chi connectivity index (χ0v) is 18.1. The van der Waals surface area contributed by atoms with Crippen molar-refractivity contribution in [3.05, 3.63) is 60.3 Å². The van der Waals surface area contributed by atoms with Crippen molar-refractivity contribution in [2.24, 2.45) is 12.8 Å². The molecular weight excluding hydrogens is 420 g/mol. The maximum absolute atomic E-state index is 11.0. The number of nitrogens with one attached hydrogen (secondary N) is 1. The number of aryl methyl sites for hydroxylation is 1. The smallest absolute Gasteiger partial charge is 0.228 e. The van der Waals surface area contributed by atoms with Gasteiger partial charge < -0.3 is 15.4 Å². The molecule has 2 aromatic carbocycles. The Balaban J connectivity index is 1.58. The van der Waals surface area contributed by atoms with E-state index in [1.54, 1.807) is 30.3 Å². The molecule has 10 heteroatoms. The maximum Gasteiger partial charge on any atom is 0.228 e. The molecular formula is C23H24N8O2. The number of aromatic nitrogens is 4. The van der Waals surface area contributed by atoms with Gasteiger partial charge >= 0.3 is 0 Å². The Bertz CT molecular complexity index is 1310. The molecule has 0 spiro atoms. The number of morpholine rings is 1. The van der Waals surface area contributed by atoms with E-state index in [1.165, 1.54) is 0 Å². The van der Waals surface area contributed by atoms with Crippen molar-refractivity contribution in [3.63, 3.8) is 0 Å². The summed E-state index contributed by atoms with van der Waals surface area (Å²) in [6.45, 7) is 2.53. The lowest BCUT2D eigenvalue weighted by atomic mass is 10.1. The number of ether oxygens (including phenoxy) is 1. The van der Waals surface area contributed by atoms with E-state index >= 15 is 0 Å². The largest absolute Gasteiger partial charge is 0.384 e. The number of fused-ring (bicyclic) bond motifs is 1. The monoisotopic (exact) mass is 444 g/mol. The quantitative estimate of drug-likeness (QED) is 0.243. The van der Waals surface area contributed by atoms with Gasteiger partial charge in [0.05, 0.1) is 36.3 Å². The summed E-state index contributed by atoms with van der Waals surface area (Å²) in [4.78, 5) is 11.5. The molecule has 4 aromatic rings. The number of rotatable bonds is 5. The molecule has 1 aliphatic heterocycles. The Morgan fingerprint density at radius 2 is 1.85 bits per heavy atom. The molecule has 0 unspecified atom stereocenters. The summed E-state index contributed by atoms with van der Waals surface area (Å²) in [6.07, 6.45) is 1.82. The van der Waals surface area contributed by atoms with Crippen molar-refractivity contribution in [1.29, 1.82) is 5.41 Å². The highest BCUT2D eigenvalue weighted by Crippen LogP contribution is 2.30. The Kier molecular flexibility index (Phi) is 5.37. The first-order valence-electron chi connectivity index (χ1n) is 10.6. The van der Waals surface area contributed by atoms with Gasteiger partial charge in [-0.15, -0.1) is 0 Å². The number of hydrogen-bond donors (Lipinski definition) is 3. The van der Waals surface area contributed by atoms with E-state index in [4.69, 9.17) is 20.9 Å². The second-order valence-electron chi connectivity index (χ2n) is 7.82. The molecule has 4 N–H and O–H groups in total. The van der Waals surface area contributed by atoms with Crippen molar-refractivity contribution in [2.75, 3.05) is 36.3 Å². The molecule has 2 aromatic heterocycles. The second kappa shape index (κ2) is 8.49. The van der Waals surface area contributed by atoms with E-state index in [9.17, 15) is 5.21 Å². The van der Waals surface area contributed by atoms with Gasteiger partial charge in [0.2, 0.25) is 5.95 Å². The lowest BCUT2D eigenvalue weighted by molar-refractivity contribution is 0.122. The van der Waals surface area contributed by atoms with Crippen molar-refractivity contribution in [3.8, 4) is 11.3 Å². The van der Waals surface area contributed by atoms with Crippen molar-refractivity contribution in [2.45, 2.75) is 0 Å². The Morgan fingerprint density at radius 1 is 1.09 bits per heavy atom. The van der Waals surface area contributed by atoms with Gasteiger partial charge in [-0.1, -0.05) is 12.1 Å². The molecule has 33 heavy (non-hydrogen) atoms. The van der Waals surface area contributed by atoms with E-state index in [0.717, 1.165) is 21.5 Å². The molecule has 5 rings (SSSR count). The molecule has 3 heterocycles. The standard InChI is InChI=1S/C23H24N8O2/c1-29-20-12-16(2-3-17(20)14-26-29)19-13-21(28-23(27-19)30-8-10-33-11-9-30)31(32)18-6-4-15(5-7-18)22(24)25/h2-7,12-14,32H,8-11H2,1H3,(H3,24,25). The van der Waals surface area contributed by atoms with Crippen LogP contribution in [0.5, 0.6) is 0 Å². The number of nitrogens with zero attached hydrogens (tertiary/aromatic N) is 6. The topological polar surface area (TPSA) is 129 Å². The molecule has 1 saturated heterocycles. The zero-order chi connectivity index (χ0) is 22.9. The van der Waals surface area contributed by atoms with Crippen LogP contribution < -0.4 is 15.7 Å². The average Bonchev–Trinajstić information content (AvgIpc) is 3.24. The first-order chi connectivity index (χ1) is 16.0. The minimum Gasteiger partial charge on any atom is -0.384 e. The van der Waals surface area contributed by atoms with Crippen LogP contribution in [0, 0.1) is 5.41 Å². The van der Waals surface area contributed by atoms with Gasteiger partial charge in [-0.25, -0.2) is 10.0 Å². The van der Waals surface area contributed by atoms with Crippen LogP contribution >= 0.6 is 0 Å². The fourth-order valence-electron chi connectivity index (χ4n) is 3.80. The van der Waals surface area contributed by atoms with E-state index in [0.29, 0.717) is 55.0 Å². The summed E-state index contributed by atoms with van der Waals surface area (Å²) in [5.41, 5.74) is 9.19. The fourth-order valence-corrected chi connectivity index (χ4v) is 3.80. The molecule has 1 aliphatic rings. The third-order valence-electron chi connectivity index (χ3n) is 5.68. The zero-order valence-electron chi connectivity index (χ0n) is 18.1. The minimum absolute atomic E-state index is 0.0319. The molecule has 1 fully saturated rings. The van der Waals surface area contributed by atoms with Crippen LogP contribution in [-0.4, -0.2) is 57.1 Å². The maximum atomic E-state index is 11.0. The van der Waals surface area contributed by atoms with Crippen LogP contribution in [-0.2, 0) is 11.8 Å². The Morgan fingerprint density at radius 3 is 2.58 bits per heavy atom. The van der Waals surface area contributed by atoms with Gasteiger partial charge in [-0.2, -0.15) is 10.1 Å². The normalized spacial score (nSPS) is 13.9. The van der Waals surface area contributed by atoms with Gasteiger partial charge in [-0.3, -0.25) is 15.3 Å². The first kappa shape index (κ1) is 20.9. The van der Waals surface area contributed by atoms with Crippen molar-refractivity contribution >= 4 is 34.2 Å². The molecule has 0 radical (unpaired) electrons. The Labute approximate surface area is 190 Å². The summed E-state index contributed by atoms with van der Waals surface area (Å²) in [7, 11) is 1.90. The Hall–Kier alpha value is -4.02. The second-order valence-corrected chi connectivity index (χ2v) is 7.82. The number of hydrogen-bond acceptors (Lipinski definition) is 8. The highest BCUT2D eigenvalue weighted by atomic mass is 16.5. The van der Waals surface area contributed by atoms with Crippen LogP contribution in [0.2, 0.25) is 0 Å². The van der Waals surface area contributed by atoms with Crippen LogP contribution in [0.4, 0.5) is 17.5 Å². The van der Waals surface area contributed by atoms with Crippen LogP contribution in [0.15, 0.2) is 54.7 Å². The summed E-state index contributed by atoms with van der Waals surface area (Å²) in [5, 5.41) is 24.9. The third-order valence-corrected chi connectivity index (χ3v) is 5.68. The third kappa shape index (κ3) is 4.09. The molecule has 0 amide bonds. The molecule has 0 bridgehead atoms. The van der Waals surface area contributed by atoms with E-state index in [1.807, 2.05) is 41.0 Å². The molecule has 0 saturated carbocycles. The molecule has 0 atom stereocenters. The minimum atomic E-state index is -0.0319. The van der Waals surface area contributed by atoms with Crippen molar-refractivity contribution < 1.29 is 9.94 Å². The average molecular weight is 444 g/mol. The first-order valence-corrected chi connectivity index (χ1v) is 10.6. The van der Waals surface area contributed by atoms with Crippen LogP contribution in [0.1, 0.15) is 5.56 Å². The molecule has 10 nitrogen and oxygen atoms in total. The number of anilines is 3. The van der Waals surface area contributed by atoms with Gasteiger partial charge in [0.1, 0.15) is 5.84 Å². The van der Waals surface area contributed by atoms with Gasteiger partial charge in [0, 0.05) is 42.7 Å². The lowest BCUT2D eigenvalue weighted by Gasteiger charge is -2.28. The van der Waals surface area contributed by atoms with Crippen molar-refractivity contribution in [1.82, 2.24) is 19.7 Å². The molecule has 168 valence electrons. The number of amidine groups is 1. The van der Waals surface area contributed by atoms with E-state index < -0.39 is 0 Å². The number of nitrogens with two attached hydrogens (primary N) is 1. The highest BCUT2D eigenvalue weighted by molar-refractivity contribution is 5.95. The predicted octanol–water partition coefficient (Wildman–Crippen LogP) is 2.68. The lowest BCUT2D eigenvalue weighted by Crippen LogP contribution is -2.37. The van der Waals surface area contributed by atoms with E-state index in [-0.39, 0.29) is 5.84 Å².